The minimum Gasteiger partial charge on any atom is -0.465 e. The smallest absolute Gasteiger partial charge is 0.416 e. The van der Waals surface area contributed by atoms with Crippen LogP contribution in [-0.2, 0) is 17.3 Å². The second-order valence-electron chi connectivity index (χ2n) is 7.13. The minimum absolute atomic E-state index is 0.144. The maximum Gasteiger partial charge on any atom is 0.416 e. The zero-order chi connectivity index (χ0) is 23.0. The van der Waals surface area contributed by atoms with Crippen LogP contribution in [0.1, 0.15) is 27.2 Å². The molecule has 1 aromatic heterocycles. The van der Waals surface area contributed by atoms with Crippen LogP contribution in [0.2, 0.25) is 10.0 Å². The van der Waals surface area contributed by atoms with Gasteiger partial charge in [-0.15, -0.1) is 0 Å². The van der Waals surface area contributed by atoms with Gasteiger partial charge in [-0.3, -0.25) is 0 Å². The normalized spacial score (nSPS) is 11.7. The van der Waals surface area contributed by atoms with Gasteiger partial charge in [0.1, 0.15) is 0 Å². The standard InChI is InChI=1S/C24H16Cl2F3NO2/c1-32-23(31)18-9-10-20(25)19(22(18)26)13-17-11-14-7-8-15(24(27,28)29)12-21(14)30(17)16-5-3-2-4-6-16/h2-12H,13H2,1H3. The van der Waals surface area contributed by atoms with Crippen molar-refractivity contribution in [2.24, 2.45) is 0 Å². The highest BCUT2D eigenvalue weighted by Gasteiger charge is 2.31. The fourth-order valence-corrected chi connectivity index (χ4v) is 4.24. The number of carbonyl (C=O) groups excluding carboxylic acids is 1. The van der Waals surface area contributed by atoms with Crippen LogP contribution in [0.4, 0.5) is 13.2 Å². The Labute approximate surface area is 191 Å². The second-order valence-corrected chi connectivity index (χ2v) is 7.92. The van der Waals surface area contributed by atoms with Gasteiger partial charge in [0.25, 0.3) is 0 Å². The van der Waals surface area contributed by atoms with E-state index in [1.807, 2.05) is 6.07 Å². The van der Waals surface area contributed by atoms with Gasteiger partial charge in [0.2, 0.25) is 0 Å². The fraction of sp³-hybridized carbons (Fsp3) is 0.125. The molecule has 0 amide bonds. The molecule has 0 saturated carbocycles. The average Bonchev–Trinajstić information content (AvgIpc) is 3.13. The molecule has 164 valence electrons. The van der Waals surface area contributed by atoms with Crippen molar-refractivity contribution < 1.29 is 22.7 Å². The van der Waals surface area contributed by atoms with E-state index in [1.54, 1.807) is 41.0 Å². The number of hydrogen-bond donors (Lipinski definition) is 0. The highest BCUT2D eigenvalue weighted by molar-refractivity contribution is 6.38. The van der Waals surface area contributed by atoms with Crippen LogP contribution in [-0.4, -0.2) is 17.6 Å². The Morgan fingerprint density at radius 1 is 1.00 bits per heavy atom. The maximum atomic E-state index is 13.4. The third-order valence-electron chi connectivity index (χ3n) is 5.17. The Balaban J connectivity index is 1.93. The summed E-state index contributed by atoms with van der Waals surface area (Å²) in [4.78, 5) is 12.0. The minimum atomic E-state index is -4.47. The molecule has 4 rings (SSSR count). The van der Waals surface area contributed by atoms with E-state index in [-0.39, 0.29) is 17.0 Å². The van der Waals surface area contributed by atoms with Crippen LogP contribution >= 0.6 is 23.2 Å². The first-order chi connectivity index (χ1) is 15.2. The van der Waals surface area contributed by atoms with Crippen molar-refractivity contribution in [3.05, 3.63) is 99.2 Å². The molecule has 0 aliphatic rings. The quantitative estimate of drug-likeness (QED) is 0.288. The van der Waals surface area contributed by atoms with Gasteiger partial charge in [0, 0.05) is 28.2 Å². The van der Waals surface area contributed by atoms with E-state index < -0.39 is 17.7 Å². The maximum absolute atomic E-state index is 13.4. The molecule has 32 heavy (non-hydrogen) atoms. The van der Waals surface area contributed by atoms with Crippen molar-refractivity contribution in [1.82, 2.24) is 4.57 Å². The molecule has 0 fully saturated rings. The Morgan fingerprint density at radius 2 is 1.72 bits per heavy atom. The Hall–Kier alpha value is -2.96. The lowest BCUT2D eigenvalue weighted by atomic mass is 10.1. The molecule has 0 spiro atoms. The predicted octanol–water partition coefficient (Wildman–Crippen LogP) is 7.33. The lowest BCUT2D eigenvalue weighted by Gasteiger charge is -2.15. The first kappa shape index (κ1) is 22.2. The molecule has 0 saturated heterocycles. The number of aromatic nitrogens is 1. The summed E-state index contributed by atoms with van der Waals surface area (Å²) in [5.74, 6) is -0.605. The van der Waals surface area contributed by atoms with Crippen molar-refractivity contribution in [2.45, 2.75) is 12.6 Å². The summed E-state index contributed by atoms with van der Waals surface area (Å²) in [6, 6.07) is 17.5. The van der Waals surface area contributed by atoms with E-state index >= 15 is 0 Å². The third-order valence-corrected chi connectivity index (χ3v) is 5.96. The largest absolute Gasteiger partial charge is 0.465 e. The Morgan fingerprint density at radius 3 is 2.38 bits per heavy atom. The molecule has 0 aliphatic heterocycles. The van der Waals surface area contributed by atoms with E-state index in [0.29, 0.717) is 32.9 Å². The lowest BCUT2D eigenvalue weighted by Crippen LogP contribution is -2.07. The number of carbonyl (C=O) groups is 1. The van der Waals surface area contributed by atoms with Crippen molar-refractivity contribution in [3.63, 3.8) is 0 Å². The summed E-state index contributed by atoms with van der Waals surface area (Å²) in [7, 11) is 1.25. The summed E-state index contributed by atoms with van der Waals surface area (Å²) < 4.78 is 46.6. The summed E-state index contributed by atoms with van der Waals surface area (Å²) >= 11 is 12.9. The van der Waals surface area contributed by atoms with Crippen LogP contribution in [0.5, 0.6) is 0 Å². The Kier molecular flexibility index (Phi) is 5.93. The average molecular weight is 478 g/mol. The van der Waals surface area contributed by atoms with Crippen molar-refractivity contribution in [3.8, 4) is 5.69 Å². The van der Waals surface area contributed by atoms with Crippen LogP contribution < -0.4 is 0 Å². The van der Waals surface area contributed by atoms with Gasteiger partial charge in [0.15, 0.2) is 0 Å². The number of methoxy groups -OCH3 is 1. The number of esters is 1. The summed E-state index contributed by atoms with van der Waals surface area (Å²) in [5.41, 5.74) is 1.65. The molecule has 0 N–H and O–H groups in total. The number of halogens is 5. The molecule has 0 radical (unpaired) electrons. The fourth-order valence-electron chi connectivity index (χ4n) is 3.65. The number of benzene rings is 3. The summed E-state index contributed by atoms with van der Waals surface area (Å²) in [6.07, 6.45) is -4.28. The molecule has 0 atom stereocenters. The highest BCUT2D eigenvalue weighted by atomic mass is 35.5. The van der Waals surface area contributed by atoms with Gasteiger partial charge in [-0.25, -0.2) is 4.79 Å². The van der Waals surface area contributed by atoms with Crippen molar-refractivity contribution in [2.75, 3.05) is 7.11 Å². The molecule has 0 bridgehead atoms. The number of rotatable bonds is 4. The van der Waals surface area contributed by atoms with E-state index in [4.69, 9.17) is 27.9 Å². The van der Waals surface area contributed by atoms with Gasteiger partial charge < -0.3 is 9.30 Å². The van der Waals surface area contributed by atoms with Crippen LogP contribution in [0.15, 0.2) is 66.7 Å². The van der Waals surface area contributed by atoms with Crippen molar-refractivity contribution >= 4 is 40.1 Å². The van der Waals surface area contributed by atoms with E-state index in [9.17, 15) is 18.0 Å². The molecule has 8 heteroatoms. The first-order valence-corrected chi connectivity index (χ1v) is 10.3. The number of para-hydroxylation sites is 1. The SMILES string of the molecule is COC(=O)c1ccc(Cl)c(Cc2cc3ccc(C(F)(F)F)cc3n2-c2ccccc2)c1Cl. The highest BCUT2D eigenvalue weighted by Crippen LogP contribution is 2.36. The van der Waals surface area contributed by atoms with Gasteiger partial charge in [-0.1, -0.05) is 47.5 Å². The van der Waals surface area contributed by atoms with Gasteiger partial charge in [-0.2, -0.15) is 13.2 Å². The van der Waals surface area contributed by atoms with Crippen LogP contribution in [0.3, 0.4) is 0 Å². The molecule has 0 unspecified atom stereocenters. The summed E-state index contributed by atoms with van der Waals surface area (Å²) in [6.45, 7) is 0. The van der Waals surface area contributed by atoms with Gasteiger partial charge in [-0.05, 0) is 48.0 Å². The molecule has 3 nitrogen and oxygen atoms in total. The number of hydrogen-bond acceptors (Lipinski definition) is 2. The molecule has 4 aromatic rings. The number of alkyl halides is 3. The predicted molar refractivity (Wildman–Crippen MR) is 119 cm³/mol. The number of fused-ring (bicyclic) bond motifs is 1. The monoisotopic (exact) mass is 477 g/mol. The molecular formula is C24H16Cl2F3NO2. The zero-order valence-electron chi connectivity index (χ0n) is 16.7. The van der Waals surface area contributed by atoms with Crippen LogP contribution in [0.25, 0.3) is 16.6 Å². The van der Waals surface area contributed by atoms with E-state index in [1.165, 1.54) is 19.2 Å². The molecule has 0 aliphatic carbocycles. The molecule has 3 aromatic carbocycles. The second kappa shape index (κ2) is 8.52. The third kappa shape index (κ3) is 4.08. The van der Waals surface area contributed by atoms with Gasteiger partial charge >= 0.3 is 12.1 Å². The Bertz CT molecular complexity index is 1310. The first-order valence-electron chi connectivity index (χ1n) is 9.53. The molecule has 1 heterocycles. The van der Waals surface area contributed by atoms with E-state index in [2.05, 4.69) is 0 Å². The topological polar surface area (TPSA) is 31.2 Å². The van der Waals surface area contributed by atoms with Gasteiger partial charge in [0.05, 0.1) is 28.8 Å². The van der Waals surface area contributed by atoms with Crippen molar-refractivity contribution in [1.29, 1.82) is 0 Å². The zero-order valence-corrected chi connectivity index (χ0v) is 18.2. The van der Waals surface area contributed by atoms with E-state index in [0.717, 1.165) is 12.1 Å². The van der Waals surface area contributed by atoms with Crippen LogP contribution in [0, 0.1) is 0 Å². The number of ether oxygens (including phenoxy) is 1. The lowest BCUT2D eigenvalue weighted by molar-refractivity contribution is -0.137. The number of nitrogens with zero attached hydrogens (tertiary/aromatic N) is 1. The molecular weight excluding hydrogens is 462 g/mol. The summed E-state index contributed by atoms with van der Waals surface area (Å²) in [5, 5.41) is 1.11.